The van der Waals surface area contributed by atoms with Crippen molar-refractivity contribution >= 4 is 5.57 Å². The number of benzene rings is 2. The minimum Gasteiger partial charge on any atom is -0.103 e. The summed E-state index contributed by atoms with van der Waals surface area (Å²) < 4.78 is 0. The van der Waals surface area contributed by atoms with Gasteiger partial charge in [0.15, 0.2) is 0 Å². The minimum absolute atomic E-state index is 0.259. The van der Waals surface area contributed by atoms with Crippen molar-refractivity contribution in [3.05, 3.63) is 149 Å². The summed E-state index contributed by atoms with van der Waals surface area (Å²) in [5.74, 6) is 0.834. The van der Waals surface area contributed by atoms with Crippen LogP contribution in [0.3, 0.4) is 0 Å². The van der Waals surface area contributed by atoms with E-state index >= 15 is 0 Å². The Morgan fingerprint density at radius 2 is 1.69 bits per heavy atom. The van der Waals surface area contributed by atoms with Crippen LogP contribution in [-0.4, -0.2) is 0 Å². The summed E-state index contributed by atoms with van der Waals surface area (Å²) in [5.41, 5.74) is 14.8. The molecule has 0 N–H and O–H groups in total. The van der Waals surface area contributed by atoms with Gasteiger partial charge in [-0.25, -0.2) is 0 Å². The number of hydrogen-bond acceptors (Lipinski definition) is 0. The van der Waals surface area contributed by atoms with E-state index in [1.807, 2.05) is 6.08 Å². The third kappa shape index (κ3) is 3.76. The molecule has 35 heavy (non-hydrogen) atoms. The van der Waals surface area contributed by atoms with E-state index in [0.717, 1.165) is 25.7 Å². The normalized spacial score (nSPS) is 25.4. The molecular weight excluding hydrogens is 420 g/mol. The second kappa shape index (κ2) is 9.34. The zero-order valence-corrected chi connectivity index (χ0v) is 21.2. The van der Waals surface area contributed by atoms with Gasteiger partial charge in [0.05, 0.1) is 0 Å². The van der Waals surface area contributed by atoms with Crippen molar-refractivity contribution < 1.29 is 0 Å². The first-order chi connectivity index (χ1) is 17.0. The number of rotatable bonds is 6. The van der Waals surface area contributed by atoms with Crippen LogP contribution in [0, 0.1) is 5.92 Å². The molecule has 0 nitrogen and oxygen atoms in total. The van der Waals surface area contributed by atoms with Gasteiger partial charge in [-0.1, -0.05) is 111 Å². The maximum absolute atomic E-state index is 4.77. The quantitative estimate of drug-likeness (QED) is 0.380. The molecule has 0 heteroatoms. The number of fused-ring (bicyclic) bond motifs is 2. The predicted molar refractivity (Wildman–Crippen MR) is 151 cm³/mol. The molecule has 0 heterocycles. The third-order valence-corrected chi connectivity index (χ3v) is 8.16. The summed E-state index contributed by atoms with van der Waals surface area (Å²) in [4.78, 5) is 0. The Kier molecular flexibility index (Phi) is 6.24. The summed E-state index contributed by atoms with van der Waals surface area (Å²) in [6.07, 6.45) is 8.45. The number of hydrogen-bond donors (Lipinski definition) is 0. The summed E-state index contributed by atoms with van der Waals surface area (Å²) in [7, 11) is 0. The Morgan fingerprint density at radius 3 is 2.40 bits per heavy atom. The van der Waals surface area contributed by atoms with Crippen LogP contribution in [0.4, 0.5) is 0 Å². The van der Waals surface area contributed by atoms with E-state index in [2.05, 4.69) is 94.3 Å². The van der Waals surface area contributed by atoms with E-state index in [1.165, 1.54) is 61.3 Å². The zero-order chi connectivity index (χ0) is 24.7. The summed E-state index contributed by atoms with van der Waals surface area (Å²) in [5, 5.41) is 0. The maximum Gasteiger partial charge on any atom is 0.0201 e. The second-order valence-corrected chi connectivity index (χ2v) is 10.3. The fourth-order valence-electron chi connectivity index (χ4n) is 6.72. The molecule has 0 bridgehead atoms. The van der Waals surface area contributed by atoms with Crippen molar-refractivity contribution in [2.75, 3.05) is 0 Å². The Labute approximate surface area is 211 Å². The van der Waals surface area contributed by atoms with Gasteiger partial charge in [-0.3, -0.25) is 0 Å². The predicted octanol–water partition coefficient (Wildman–Crippen LogP) is 9.64. The lowest BCUT2D eigenvalue weighted by Crippen LogP contribution is -2.21. The standard InChI is InChI=1S/C35H36/c1-7-14-22(3)32-23(4)20-27-21-31(25(6)33(27)35(32)26-16-10-9-11-17-26)34-24(5)28(15-8-2)29-18-12-13-19-30(29)34/h8-13,16-20,28,33,35H,2-3,5-7,14-15,21H2,1,4H3. The van der Waals surface area contributed by atoms with Crippen LogP contribution in [0.1, 0.15) is 68.1 Å². The molecule has 3 unspecified atom stereocenters. The van der Waals surface area contributed by atoms with Crippen molar-refractivity contribution in [1.82, 2.24) is 0 Å². The highest BCUT2D eigenvalue weighted by Crippen LogP contribution is 2.58. The Bertz CT molecular complexity index is 1320. The molecular formula is C35H36. The topological polar surface area (TPSA) is 0 Å². The Morgan fingerprint density at radius 1 is 0.971 bits per heavy atom. The van der Waals surface area contributed by atoms with Gasteiger partial charge in [-0.15, -0.1) is 6.58 Å². The highest BCUT2D eigenvalue weighted by molar-refractivity contribution is 5.92. The van der Waals surface area contributed by atoms with Crippen LogP contribution in [0.2, 0.25) is 0 Å². The van der Waals surface area contributed by atoms with E-state index < -0.39 is 0 Å². The zero-order valence-electron chi connectivity index (χ0n) is 21.2. The van der Waals surface area contributed by atoms with Crippen molar-refractivity contribution in [3.8, 4) is 0 Å². The van der Waals surface area contributed by atoms with Crippen molar-refractivity contribution in [2.24, 2.45) is 5.92 Å². The second-order valence-electron chi connectivity index (χ2n) is 10.3. The largest absolute Gasteiger partial charge is 0.103 e. The smallest absolute Gasteiger partial charge is 0.0201 e. The molecule has 1 fully saturated rings. The highest BCUT2D eigenvalue weighted by atomic mass is 14.5. The SMILES string of the molecule is C=CCC1C(=C)C(=C2CC3=CC(C)=C(C(=C)CCC)C(c4ccccc4)C3C2=C)c2ccccc21. The van der Waals surface area contributed by atoms with Gasteiger partial charge in [-0.2, -0.15) is 0 Å². The van der Waals surface area contributed by atoms with Crippen molar-refractivity contribution in [1.29, 1.82) is 0 Å². The molecule has 2 aromatic carbocycles. The van der Waals surface area contributed by atoms with Crippen LogP contribution in [-0.2, 0) is 0 Å². The molecule has 5 rings (SSSR count). The average molecular weight is 457 g/mol. The van der Waals surface area contributed by atoms with Gasteiger partial charge in [0, 0.05) is 17.8 Å². The van der Waals surface area contributed by atoms with Gasteiger partial charge in [0.25, 0.3) is 0 Å². The molecule has 0 aromatic heterocycles. The first-order valence-electron chi connectivity index (χ1n) is 12.9. The fraction of sp³-hybridized carbons (Fsp3) is 0.257. The molecule has 1 saturated carbocycles. The monoisotopic (exact) mass is 456 g/mol. The average Bonchev–Trinajstić information content (AvgIpc) is 3.32. The van der Waals surface area contributed by atoms with E-state index in [9.17, 15) is 0 Å². The van der Waals surface area contributed by atoms with E-state index in [4.69, 9.17) is 6.58 Å². The van der Waals surface area contributed by atoms with Crippen LogP contribution < -0.4 is 0 Å². The lowest BCUT2D eigenvalue weighted by Gasteiger charge is -2.34. The maximum atomic E-state index is 4.77. The van der Waals surface area contributed by atoms with Gasteiger partial charge in [0.1, 0.15) is 0 Å². The molecule has 3 aliphatic rings. The molecule has 3 aliphatic carbocycles. The van der Waals surface area contributed by atoms with Crippen molar-refractivity contribution in [3.63, 3.8) is 0 Å². The summed E-state index contributed by atoms with van der Waals surface area (Å²) in [6, 6.07) is 19.8. The van der Waals surface area contributed by atoms with Gasteiger partial charge >= 0.3 is 0 Å². The highest BCUT2D eigenvalue weighted by Gasteiger charge is 2.43. The molecule has 3 atom stereocenters. The number of allylic oxidation sites excluding steroid dienone is 10. The molecule has 0 saturated heterocycles. The van der Waals surface area contributed by atoms with Gasteiger partial charge in [-0.05, 0) is 76.3 Å². The first-order valence-corrected chi connectivity index (χ1v) is 12.9. The fourth-order valence-corrected chi connectivity index (χ4v) is 6.72. The van der Waals surface area contributed by atoms with E-state index in [0.29, 0.717) is 5.92 Å². The Hall–Kier alpha value is -3.38. The van der Waals surface area contributed by atoms with Gasteiger partial charge < -0.3 is 0 Å². The van der Waals surface area contributed by atoms with Crippen LogP contribution >= 0.6 is 0 Å². The van der Waals surface area contributed by atoms with E-state index in [1.54, 1.807) is 0 Å². The van der Waals surface area contributed by atoms with Gasteiger partial charge in [0.2, 0.25) is 0 Å². The van der Waals surface area contributed by atoms with Crippen molar-refractivity contribution in [2.45, 2.75) is 51.4 Å². The molecule has 2 aromatic rings. The lowest BCUT2D eigenvalue weighted by molar-refractivity contribution is 0.619. The van der Waals surface area contributed by atoms with Crippen LogP contribution in [0.15, 0.2) is 132 Å². The van der Waals surface area contributed by atoms with Crippen LogP contribution in [0.5, 0.6) is 0 Å². The minimum atomic E-state index is 0.259. The third-order valence-electron chi connectivity index (χ3n) is 8.16. The first kappa shape index (κ1) is 23.4. The summed E-state index contributed by atoms with van der Waals surface area (Å²) in [6.45, 7) is 22.5. The van der Waals surface area contributed by atoms with Crippen LogP contribution in [0.25, 0.3) is 5.57 Å². The molecule has 0 aliphatic heterocycles. The Balaban J connectivity index is 1.67. The molecule has 0 radical (unpaired) electrons. The lowest BCUT2D eigenvalue weighted by atomic mass is 9.69. The van der Waals surface area contributed by atoms with E-state index in [-0.39, 0.29) is 11.8 Å². The molecule has 176 valence electrons. The summed E-state index contributed by atoms with van der Waals surface area (Å²) >= 11 is 0. The molecule has 0 spiro atoms. The molecule has 0 amide bonds.